The first-order valence-electron chi connectivity index (χ1n) is 5.85. The molecule has 0 N–H and O–H groups in total. The van der Waals surface area contributed by atoms with Crippen LogP contribution < -0.4 is 0 Å². The summed E-state index contributed by atoms with van der Waals surface area (Å²) < 4.78 is 52.8. The lowest BCUT2D eigenvalue weighted by atomic mass is 9.98. The number of hydrogen-bond donors (Lipinski definition) is 0. The molecule has 0 aromatic heterocycles. The average Bonchev–Trinajstić information content (AvgIpc) is 2.34. The summed E-state index contributed by atoms with van der Waals surface area (Å²) in [4.78, 5) is 0. The Labute approximate surface area is 114 Å². The molecule has 0 aliphatic heterocycles. The van der Waals surface area contributed by atoms with Gasteiger partial charge in [-0.05, 0) is 36.5 Å². The minimum atomic E-state index is -4.30. The lowest BCUT2D eigenvalue weighted by Gasteiger charge is -2.14. The Bertz CT molecular complexity index is 364. The number of halogens is 5. The Balaban J connectivity index is 2.31. The molecule has 0 saturated heterocycles. The van der Waals surface area contributed by atoms with E-state index in [-0.39, 0.29) is 18.3 Å². The molecule has 1 nitrogen and oxygen atoms in total. The van der Waals surface area contributed by atoms with E-state index in [1.54, 1.807) is 12.1 Å². The standard InChI is InChI=1S/C13H15ClF4O/c14-8-11(5-6-19-9-13(16,17)18)7-10-1-3-12(15)4-2-10/h1-4,11H,5-9H2. The summed E-state index contributed by atoms with van der Waals surface area (Å²) in [5.74, 6) is 0.0206. The quantitative estimate of drug-likeness (QED) is 0.416. The predicted molar refractivity (Wildman–Crippen MR) is 65.8 cm³/mol. The molecule has 0 radical (unpaired) electrons. The van der Waals surface area contributed by atoms with Crippen molar-refractivity contribution in [3.8, 4) is 0 Å². The number of hydrogen-bond acceptors (Lipinski definition) is 1. The fraction of sp³-hybridized carbons (Fsp3) is 0.538. The Kier molecular flexibility index (Phi) is 6.58. The predicted octanol–water partition coefficient (Wildman–Crippen LogP) is 4.19. The van der Waals surface area contributed by atoms with Crippen LogP contribution in [0.25, 0.3) is 0 Å². The largest absolute Gasteiger partial charge is 0.411 e. The summed E-state index contributed by atoms with van der Waals surface area (Å²) in [6.07, 6.45) is -3.26. The fourth-order valence-corrected chi connectivity index (χ4v) is 1.89. The lowest BCUT2D eigenvalue weighted by molar-refractivity contribution is -0.174. The van der Waals surface area contributed by atoms with E-state index in [4.69, 9.17) is 11.6 Å². The van der Waals surface area contributed by atoms with Crippen molar-refractivity contribution in [2.75, 3.05) is 19.1 Å². The van der Waals surface area contributed by atoms with Gasteiger partial charge in [-0.25, -0.2) is 4.39 Å². The maximum atomic E-state index is 12.7. The third kappa shape index (κ3) is 7.38. The van der Waals surface area contributed by atoms with E-state index >= 15 is 0 Å². The summed E-state index contributed by atoms with van der Waals surface area (Å²) >= 11 is 5.77. The molecule has 1 unspecified atom stereocenters. The first kappa shape index (κ1) is 16.2. The molecule has 0 heterocycles. The second kappa shape index (κ2) is 7.70. The van der Waals surface area contributed by atoms with Gasteiger partial charge in [-0.1, -0.05) is 12.1 Å². The summed E-state index contributed by atoms with van der Waals surface area (Å²) in [6.45, 7) is -1.23. The van der Waals surface area contributed by atoms with Gasteiger partial charge in [-0.2, -0.15) is 13.2 Å². The zero-order chi connectivity index (χ0) is 14.3. The van der Waals surface area contributed by atoms with Crippen molar-refractivity contribution in [3.05, 3.63) is 35.6 Å². The molecule has 1 atom stereocenters. The normalized spacial score (nSPS) is 13.5. The van der Waals surface area contributed by atoms with Crippen molar-refractivity contribution in [2.45, 2.75) is 19.0 Å². The first-order valence-corrected chi connectivity index (χ1v) is 6.39. The van der Waals surface area contributed by atoms with Crippen LogP contribution in [0.1, 0.15) is 12.0 Å². The Morgan fingerprint density at radius 2 is 1.79 bits per heavy atom. The summed E-state index contributed by atoms with van der Waals surface area (Å²) in [5.41, 5.74) is 0.905. The molecule has 108 valence electrons. The Morgan fingerprint density at radius 1 is 1.16 bits per heavy atom. The van der Waals surface area contributed by atoms with Crippen molar-refractivity contribution < 1.29 is 22.3 Å². The monoisotopic (exact) mass is 298 g/mol. The number of alkyl halides is 4. The van der Waals surface area contributed by atoms with Gasteiger partial charge in [0, 0.05) is 12.5 Å². The molecule has 0 aliphatic carbocycles. The maximum absolute atomic E-state index is 12.7. The first-order chi connectivity index (χ1) is 8.90. The SMILES string of the molecule is Fc1ccc(CC(CCl)CCOCC(F)(F)F)cc1. The van der Waals surface area contributed by atoms with Crippen LogP contribution in [0.3, 0.4) is 0 Å². The van der Waals surface area contributed by atoms with Crippen molar-refractivity contribution in [2.24, 2.45) is 5.92 Å². The third-order valence-electron chi connectivity index (χ3n) is 2.59. The molecule has 0 amide bonds. The van der Waals surface area contributed by atoms with Gasteiger partial charge < -0.3 is 4.74 Å². The molecule has 1 aromatic rings. The maximum Gasteiger partial charge on any atom is 0.411 e. The van der Waals surface area contributed by atoms with Crippen molar-refractivity contribution in [1.29, 1.82) is 0 Å². The average molecular weight is 299 g/mol. The number of ether oxygens (including phenoxy) is 1. The number of rotatable bonds is 7. The van der Waals surface area contributed by atoms with Gasteiger partial charge in [-0.15, -0.1) is 11.6 Å². The second-order valence-electron chi connectivity index (χ2n) is 4.31. The minimum Gasteiger partial charge on any atom is -0.372 e. The summed E-state index contributed by atoms with van der Waals surface area (Å²) in [6, 6.07) is 5.98. The van der Waals surface area contributed by atoms with Crippen LogP contribution in [0, 0.1) is 11.7 Å². The van der Waals surface area contributed by atoms with Crippen LogP contribution in [-0.2, 0) is 11.2 Å². The van der Waals surface area contributed by atoms with Gasteiger partial charge >= 0.3 is 6.18 Å². The van der Waals surface area contributed by atoms with Crippen LogP contribution in [0.2, 0.25) is 0 Å². The molecule has 1 rings (SSSR count). The van der Waals surface area contributed by atoms with Gasteiger partial charge in [0.25, 0.3) is 0 Å². The highest BCUT2D eigenvalue weighted by molar-refractivity contribution is 6.18. The van der Waals surface area contributed by atoms with Crippen LogP contribution in [-0.4, -0.2) is 25.3 Å². The zero-order valence-corrected chi connectivity index (χ0v) is 11.0. The van der Waals surface area contributed by atoms with Gasteiger partial charge in [0.05, 0.1) is 0 Å². The summed E-state index contributed by atoms with van der Waals surface area (Å²) in [7, 11) is 0. The zero-order valence-electron chi connectivity index (χ0n) is 10.2. The van der Waals surface area contributed by atoms with E-state index < -0.39 is 12.8 Å². The highest BCUT2D eigenvalue weighted by Gasteiger charge is 2.27. The van der Waals surface area contributed by atoms with Gasteiger partial charge in [0.15, 0.2) is 0 Å². The van der Waals surface area contributed by atoms with Crippen LogP contribution >= 0.6 is 11.6 Å². The number of benzene rings is 1. The topological polar surface area (TPSA) is 9.23 Å². The lowest BCUT2D eigenvalue weighted by Crippen LogP contribution is -2.19. The molecule has 6 heteroatoms. The molecular weight excluding hydrogens is 284 g/mol. The van der Waals surface area contributed by atoms with E-state index in [1.165, 1.54) is 12.1 Å². The molecule has 0 bridgehead atoms. The van der Waals surface area contributed by atoms with E-state index in [0.717, 1.165) is 5.56 Å². The van der Waals surface area contributed by atoms with Crippen LogP contribution in [0.4, 0.5) is 17.6 Å². The molecule has 1 aromatic carbocycles. The van der Waals surface area contributed by atoms with E-state index in [2.05, 4.69) is 4.74 Å². The third-order valence-corrected chi connectivity index (χ3v) is 3.03. The van der Waals surface area contributed by atoms with Crippen molar-refractivity contribution >= 4 is 11.6 Å². The smallest absolute Gasteiger partial charge is 0.372 e. The van der Waals surface area contributed by atoms with Crippen LogP contribution in [0.15, 0.2) is 24.3 Å². The van der Waals surface area contributed by atoms with E-state index in [1.807, 2.05) is 0 Å². The fourth-order valence-electron chi connectivity index (χ4n) is 1.63. The van der Waals surface area contributed by atoms with Gasteiger partial charge in [-0.3, -0.25) is 0 Å². The van der Waals surface area contributed by atoms with Crippen molar-refractivity contribution in [1.82, 2.24) is 0 Å². The Hall–Kier alpha value is -0.810. The molecule has 0 aliphatic rings. The molecule has 0 fully saturated rings. The molecule has 0 spiro atoms. The van der Waals surface area contributed by atoms with Gasteiger partial charge in [0.2, 0.25) is 0 Å². The van der Waals surface area contributed by atoms with Gasteiger partial charge in [0.1, 0.15) is 12.4 Å². The van der Waals surface area contributed by atoms with Crippen LogP contribution in [0.5, 0.6) is 0 Å². The van der Waals surface area contributed by atoms with E-state index in [0.29, 0.717) is 18.7 Å². The summed E-state index contributed by atoms with van der Waals surface area (Å²) in [5, 5.41) is 0. The molecule has 0 saturated carbocycles. The second-order valence-corrected chi connectivity index (χ2v) is 4.62. The highest BCUT2D eigenvalue weighted by atomic mass is 35.5. The van der Waals surface area contributed by atoms with Crippen molar-refractivity contribution in [3.63, 3.8) is 0 Å². The van der Waals surface area contributed by atoms with E-state index in [9.17, 15) is 17.6 Å². The highest BCUT2D eigenvalue weighted by Crippen LogP contribution is 2.17. The molecular formula is C13H15ClF4O. The minimum absolute atomic E-state index is 0.0120. The Morgan fingerprint density at radius 3 is 2.32 bits per heavy atom. The molecule has 19 heavy (non-hydrogen) atoms.